The van der Waals surface area contributed by atoms with Gasteiger partial charge in [0.2, 0.25) is 0 Å². The molecule has 110 valence electrons. The summed E-state index contributed by atoms with van der Waals surface area (Å²) in [6.45, 7) is 1.35. The number of carbonyl (C=O) groups excluding carboxylic acids is 2. The minimum absolute atomic E-state index is 0.0798. The summed E-state index contributed by atoms with van der Waals surface area (Å²) in [5.41, 5.74) is -2.25. The Morgan fingerprint density at radius 1 is 1.24 bits per heavy atom. The van der Waals surface area contributed by atoms with Crippen molar-refractivity contribution in [3.05, 3.63) is 41.0 Å². The lowest BCUT2D eigenvalue weighted by Gasteiger charge is -2.18. The van der Waals surface area contributed by atoms with Gasteiger partial charge in [0, 0.05) is 11.6 Å². The molecule has 1 aromatic rings. The highest BCUT2D eigenvalue weighted by Crippen LogP contribution is 2.34. The normalized spacial score (nSPS) is 15.4. The van der Waals surface area contributed by atoms with Gasteiger partial charge in [-0.15, -0.1) is 0 Å². The van der Waals surface area contributed by atoms with Crippen molar-refractivity contribution in [1.82, 2.24) is 0 Å². The zero-order valence-corrected chi connectivity index (χ0v) is 10.6. The standard InChI is InChI=1S/C13H8F3NO4/c1-6-4-10(18)17(11(6)19)9-3-2-7(13(14,15)16)5-8(9)12(20)21/h2-5H,1H3,(H,20,21). The smallest absolute Gasteiger partial charge is 0.416 e. The van der Waals surface area contributed by atoms with Crippen molar-refractivity contribution in [2.75, 3.05) is 4.90 Å². The molecule has 0 saturated carbocycles. The molecule has 0 aliphatic carbocycles. The second-order valence-electron chi connectivity index (χ2n) is 4.34. The van der Waals surface area contributed by atoms with Crippen molar-refractivity contribution in [1.29, 1.82) is 0 Å². The van der Waals surface area contributed by atoms with Gasteiger partial charge in [-0.1, -0.05) is 0 Å². The van der Waals surface area contributed by atoms with Crippen LogP contribution in [-0.2, 0) is 15.8 Å². The summed E-state index contributed by atoms with van der Waals surface area (Å²) < 4.78 is 37.8. The van der Waals surface area contributed by atoms with Crippen molar-refractivity contribution in [2.24, 2.45) is 0 Å². The Hall–Kier alpha value is -2.64. The van der Waals surface area contributed by atoms with Crippen LogP contribution in [0.15, 0.2) is 29.8 Å². The Labute approximate surface area is 116 Å². The third-order valence-electron chi connectivity index (χ3n) is 2.90. The van der Waals surface area contributed by atoms with Crippen LogP contribution in [-0.4, -0.2) is 22.9 Å². The number of nitrogens with zero attached hydrogens (tertiary/aromatic N) is 1. The summed E-state index contributed by atoms with van der Waals surface area (Å²) >= 11 is 0. The van der Waals surface area contributed by atoms with E-state index in [1.54, 1.807) is 0 Å². The average Bonchev–Trinajstić information content (AvgIpc) is 2.61. The summed E-state index contributed by atoms with van der Waals surface area (Å²) in [4.78, 5) is 35.1. The van der Waals surface area contributed by atoms with E-state index in [1.165, 1.54) is 6.92 Å². The quantitative estimate of drug-likeness (QED) is 0.850. The van der Waals surface area contributed by atoms with E-state index < -0.39 is 40.8 Å². The fourth-order valence-electron chi connectivity index (χ4n) is 1.89. The number of anilines is 1. The molecule has 1 aromatic carbocycles. The number of carbonyl (C=O) groups is 3. The highest BCUT2D eigenvalue weighted by atomic mass is 19.4. The van der Waals surface area contributed by atoms with Crippen LogP contribution in [0.5, 0.6) is 0 Å². The maximum Gasteiger partial charge on any atom is 0.416 e. The summed E-state index contributed by atoms with van der Waals surface area (Å²) in [6, 6.07) is 1.82. The maximum atomic E-state index is 12.6. The predicted molar refractivity (Wildman–Crippen MR) is 64.7 cm³/mol. The molecule has 1 aliphatic rings. The van der Waals surface area contributed by atoms with Crippen molar-refractivity contribution in [3.63, 3.8) is 0 Å². The van der Waals surface area contributed by atoms with Gasteiger partial charge in [0.1, 0.15) is 0 Å². The first kappa shape index (κ1) is 14.8. The van der Waals surface area contributed by atoms with E-state index in [0.29, 0.717) is 17.0 Å². The molecule has 0 spiro atoms. The maximum absolute atomic E-state index is 12.6. The first-order valence-corrected chi connectivity index (χ1v) is 5.64. The Morgan fingerprint density at radius 2 is 1.86 bits per heavy atom. The zero-order valence-electron chi connectivity index (χ0n) is 10.6. The van der Waals surface area contributed by atoms with Gasteiger partial charge in [-0.05, 0) is 25.1 Å². The molecule has 2 amide bonds. The van der Waals surface area contributed by atoms with Gasteiger partial charge in [0.15, 0.2) is 0 Å². The molecule has 0 saturated heterocycles. The van der Waals surface area contributed by atoms with Crippen molar-refractivity contribution >= 4 is 23.5 Å². The lowest BCUT2D eigenvalue weighted by Crippen LogP contribution is -2.32. The highest BCUT2D eigenvalue weighted by Gasteiger charge is 2.36. The van der Waals surface area contributed by atoms with Crippen LogP contribution in [0.25, 0.3) is 0 Å². The van der Waals surface area contributed by atoms with Crippen LogP contribution in [0, 0.1) is 0 Å². The number of carboxylic acid groups (broad SMARTS) is 1. The monoisotopic (exact) mass is 299 g/mol. The minimum atomic E-state index is -4.73. The third-order valence-corrected chi connectivity index (χ3v) is 2.90. The molecular formula is C13H8F3NO4. The van der Waals surface area contributed by atoms with E-state index in [1.807, 2.05) is 0 Å². The number of amides is 2. The van der Waals surface area contributed by atoms with Gasteiger partial charge in [-0.2, -0.15) is 13.2 Å². The Bertz CT molecular complexity index is 691. The molecule has 0 aromatic heterocycles. The minimum Gasteiger partial charge on any atom is -0.478 e. The van der Waals surface area contributed by atoms with Gasteiger partial charge in [-0.25, -0.2) is 9.69 Å². The number of imide groups is 1. The molecule has 0 atom stereocenters. The van der Waals surface area contributed by atoms with Crippen molar-refractivity contribution < 1.29 is 32.7 Å². The van der Waals surface area contributed by atoms with E-state index in [2.05, 4.69) is 0 Å². The first-order chi connectivity index (χ1) is 9.62. The van der Waals surface area contributed by atoms with E-state index in [0.717, 1.165) is 12.1 Å². The van der Waals surface area contributed by atoms with Gasteiger partial charge in [-0.3, -0.25) is 9.59 Å². The molecule has 8 heteroatoms. The summed E-state index contributed by atoms with van der Waals surface area (Å²) in [6.07, 6.45) is -3.73. The van der Waals surface area contributed by atoms with E-state index in [-0.39, 0.29) is 5.57 Å². The van der Waals surface area contributed by atoms with Crippen molar-refractivity contribution in [2.45, 2.75) is 13.1 Å². The second kappa shape index (κ2) is 4.72. The molecule has 2 rings (SSSR count). The van der Waals surface area contributed by atoms with E-state index in [4.69, 9.17) is 5.11 Å². The van der Waals surface area contributed by atoms with Crippen LogP contribution in [0.2, 0.25) is 0 Å². The Kier molecular flexibility index (Phi) is 3.32. The molecule has 0 radical (unpaired) electrons. The predicted octanol–water partition coefficient (Wildman–Crippen LogP) is 2.22. The number of rotatable bonds is 2. The fraction of sp³-hybridized carbons (Fsp3) is 0.154. The van der Waals surface area contributed by atoms with Gasteiger partial charge >= 0.3 is 12.1 Å². The fourth-order valence-corrected chi connectivity index (χ4v) is 1.89. The highest BCUT2D eigenvalue weighted by molar-refractivity contribution is 6.31. The first-order valence-electron chi connectivity index (χ1n) is 5.64. The number of hydrogen-bond donors (Lipinski definition) is 1. The number of benzene rings is 1. The van der Waals surface area contributed by atoms with Crippen molar-refractivity contribution in [3.8, 4) is 0 Å². The second-order valence-corrected chi connectivity index (χ2v) is 4.34. The molecule has 1 aliphatic heterocycles. The topological polar surface area (TPSA) is 74.7 Å². The molecular weight excluding hydrogens is 291 g/mol. The largest absolute Gasteiger partial charge is 0.478 e. The SMILES string of the molecule is CC1=CC(=O)N(c2ccc(C(F)(F)F)cc2C(=O)O)C1=O. The Morgan fingerprint density at radius 3 is 2.29 bits per heavy atom. The molecule has 0 fully saturated rings. The van der Waals surface area contributed by atoms with Gasteiger partial charge in [0.05, 0.1) is 16.8 Å². The number of alkyl halides is 3. The number of aromatic carboxylic acids is 1. The number of carboxylic acids is 1. The summed E-state index contributed by atoms with van der Waals surface area (Å²) in [5, 5.41) is 9.02. The van der Waals surface area contributed by atoms with Crippen LogP contribution < -0.4 is 4.90 Å². The lowest BCUT2D eigenvalue weighted by molar-refractivity contribution is -0.137. The van der Waals surface area contributed by atoms with Crippen LogP contribution in [0.1, 0.15) is 22.8 Å². The summed E-state index contributed by atoms with van der Waals surface area (Å²) in [7, 11) is 0. The molecule has 0 unspecified atom stereocenters. The Balaban J connectivity index is 2.58. The number of hydrogen-bond acceptors (Lipinski definition) is 3. The average molecular weight is 299 g/mol. The molecule has 5 nitrogen and oxygen atoms in total. The molecule has 1 heterocycles. The van der Waals surface area contributed by atoms with E-state index in [9.17, 15) is 27.6 Å². The van der Waals surface area contributed by atoms with E-state index >= 15 is 0 Å². The summed E-state index contributed by atoms with van der Waals surface area (Å²) in [5.74, 6) is -3.22. The van der Waals surface area contributed by atoms with Gasteiger partial charge < -0.3 is 5.11 Å². The van der Waals surface area contributed by atoms with Gasteiger partial charge in [0.25, 0.3) is 11.8 Å². The third kappa shape index (κ3) is 2.51. The zero-order chi connectivity index (χ0) is 15.9. The van der Waals surface area contributed by atoms with Crippen LogP contribution in [0.3, 0.4) is 0 Å². The van der Waals surface area contributed by atoms with Crippen LogP contribution in [0.4, 0.5) is 18.9 Å². The number of halogens is 3. The molecule has 21 heavy (non-hydrogen) atoms. The lowest BCUT2D eigenvalue weighted by atomic mass is 10.1. The molecule has 0 bridgehead atoms. The molecule has 1 N–H and O–H groups in total. The van der Waals surface area contributed by atoms with Crippen LogP contribution >= 0.6 is 0 Å².